The van der Waals surface area contributed by atoms with Crippen LogP contribution in [-0.4, -0.2) is 13.2 Å². The summed E-state index contributed by atoms with van der Waals surface area (Å²) < 4.78 is 27.1. The predicted octanol–water partition coefficient (Wildman–Crippen LogP) is 24.0. The summed E-state index contributed by atoms with van der Waals surface area (Å²) in [6, 6.07) is 46.1. The molecule has 1 aliphatic heterocycles. The Kier molecular flexibility index (Phi) is 20.5. The van der Waals surface area contributed by atoms with Gasteiger partial charge in [0.05, 0.1) is 24.6 Å². The molecule has 436 valence electrons. The van der Waals surface area contributed by atoms with Gasteiger partial charge in [-0.15, -0.1) is 0 Å². The predicted molar refractivity (Wildman–Crippen MR) is 358 cm³/mol. The molecule has 5 heteroatoms. The summed E-state index contributed by atoms with van der Waals surface area (Å²) in [6.07, 6.45) is 36.5. The summed E-state index contributed by atoms with van der Waals surface area (Å²) in [7, 11) is 0. The highest BCUT2D eigenvalue weighted by atomic mass is 16.5. The molecule has 0 N–H and O–H groups in total. The molecule has 0 fully saturated rings. The molecular formula is C79H91NO4. The highest BCUT2D eigenvalue weighted by molar-refractivity contribution is 6.08. The fraction of sp³-hybridized carbons (Fsp3) is 0.367. The molecule has 0 spiro atoms. The Morgan fingerprint density at radius 3 is 1.67 bits per heavy atom. The van der Waals surface area contributed by atoms with Gasteiger partial charge in [-0.05, 0) is 194 Å². The summed E-state index contributed by atoms with van der Waals surface area (Å²) in [5.41, 5.74) is 18.7. The highest BCUT2D eigenvalue weighted by Gasteiger charge is 2.43. The maximum absolute atomic E-state index is 6.94. The number of unbranched alkanes of at least 4 members (excludes halogenated alkanes) is 13. The van der Waals surface area contributed by atoms with Crippen LogP contribution in [0.3, 0.4) is 0 Å². The monoisotopic (exact) mass is 1120 g/mol. The van der Waals surface area contributed by atoms with E-state index in [1.165, 1.54) is 134 Å². The number of ether oxygens (including phenoxy) is 3. The van der Waals surface area contributed by atoms with Gasteiger partial charge in [-0.2, -0.15) is 0 Å². The van der Waals surface area contributed by atoms with Gasteiger partial charge < -0.3 is 23.5 Å². The third-order valence-corrected chi connectivity index (χ3v) is 17.7. The highest BCUT2D eigenvalue weighted by Crippen LogP contribution is 2.57. The van der Waals surface area contributed by atoms with Crippen molar-refractivity contribution in [2.45, 2.75) is 175 Å². The normalized spacial score (nSPS) is 13.1. The summed E-state index contributed by atoms with van der Waals surface area (Å²) in [5, 5.41) is 2.07. The molecule has 2 heterocycles. The molecule has 2 aliphatic rings. The molecule has 10 rings (SSSR count). The second-order valence-corrected chi connectivity index (χ2v) is 23.9. The number of benzene rings is 7. The number of hydrogen-bond donors (Lipinski definition) is 0. The van der Waals surface area contributed by atoms with Crippen LogP contribution in [0.2, 0.25) is 0 Å². The number of fused-ring (bicyclic) bond motifs is 8. The minimum atomic E-state index is -0.175. The lowest BCUT2D eigenvalue weighted by Gasteiger charge is -2.34. The minimum absolute atomic E-state index is 0.175. The summed E-state index contributed by atoms with van der Waals surface area (Å²) >= 11 is 0. The zero-order valence-corrected chi connectivity index (χ0v) is 51.3. The van der Waals surface area contributed by atoms with Crippen molar-refractivity contribution in [1.82, 2.24) is 0 Å². The summed E-state index contributed by atoms with van der Waals surface area (Å²) in [6.45, 7) is 20.1. The van der Waals surface area contributed by atoms with Crippen molar-refractivity contribution in [2.75, 3.05) is 18.1 Å². The van der Waals surface area contributed by atoms with Gasteiger partial charge in [0.1, 0.15) is 22.7 Å². The lowest BCUT2D eigenvalue weighted by atomic mass is 9.70. The van der Waals surface area contributed by atoms with Gasteiger partial charge in [-0.25, -0.2) is 0 Å². The van der Waals surface area contributed by atoms with Gasteiger partial charge in [0.25, 0.3) is 0 Å². The van der Waals surface area contributed by atoms with Crippen LogP contribution in [0.5, 0.6) is 23.0 Å². The second-order valence-electron chi connectivity index (χ2n) is 23.9. The Hall–Kier alpha value is -7.50. The second kappa shape index (κ2) is 28.9. The maximum Gasteiger partial charge on any atom is 0.152 e. The zero-order chi connectivity index (χ0) is 58.3. The number of nitrogens with zero attached hydrogens (tertiary/aromatic N) is 1. The zero-order valence-electron chi connectivity index (χ0n) is 51.3. The van der Waals surface area contributed by atoms with Gasteiger partial charge in [0, 0.05) is 27.4 Å². The number of anilines is 3. The van der Waals surface area contributed by atoms with Gasteiger partial charge in [0.15, 0.2) is 11.5 Å². The van der Waals surface area contributed by atoms with Gasteiger partial charge in [0.2, 0.25) is 0 Å². The van der Waals surface area contributed by atoms with Crippen molar-refractivity contribution >= 4 is 39.0 Å². The third kappa shape index (κ3) is 13.5. The van der Waals surface area contributed by atoms with E-state index >= 15 is 0 Å². The lowest BCUT2D eigenvalue weighted by molar-refractivity contribution is 0.310. The fourth-order valence-electron chi connectivity index (χ4n) is 13.1. The number of rotatable bonds is 32. The Balaban J connectivity index is 1.06. The van der Waals surface area contributed by atoms with Crippen LogP contribution < -0.4 is 19.1 Å². The molecule has 0 atom stereocenters. The number of furan rings is 1. The SMILES string of the molecule is C=C/C=C\CCCOc1cc2c(cc1C)oc1cc(-c3ccc4c(c3)C(CCCCCCCC)(CCCCCCCC)c3cc(-c5ccc6c(c5)Oc5cc(C)ccc5N6c5ccc(CCCC)cc5)ccc3-4)c(OCCC/C=C\C=C)cc12. The molecule has 1 aromatic heterocycles. The van der Waals surface area contributed by atoms with Crippen molar-refractivity contribution < 1.29 is 18.6 Å². The van der Waals surface area contributed by atoms with Crippen LogP contribution in [0.4, 0.5) is 17.1 Å². The Morgan fingerprint density at radius 1 is 0.488 bits per heavy atom. The van der Waals surface area contributed by atoms with Gasteiger partial charge in [-0.1, -0.05) is 202 Å². The molecular weight excluding hydrogens is 1030 g/mol. The van der Waals surface area contributed by atoms with Crippen molar-refractivity contribution in [3.8, 4) is 56.4 Å². The lowest BCUT2D eigenvalue weighted by Crippen LogP contribution is -2.25. The molecule has 0 radical (unpaired) electrons. The van der Waals surface area contributed by atoms with Crippen LogP contribution in [-0.2, 0) is 11.8 Å². The molecule has 5 nitrogen and oxygen atoms in total. The molecule has 0 amide bonds. The van der Waals surface area contributed by atoms with E-state index in [1.54, 1.807) is 0 Å². The fourth-order valence-corrected chi connectivity index (χ4v) is 13.1. The molecule has 84 heavy (non-hydrogen) atoms. The maximum atomic E-state index is 6.94. The smallest absolute Gasteiger partial charge is 0.152 e. The van der Waals surface area contributed by atoms with E-state index in [1.807, 2.05) is 24.3 Å². The van der Waals surface area contributed by atoms with Crippen LogP contribution in [0.1, 0.15) is 177 Å². The average molecular weight is 1120 g/mol. The first-order valence-corrected chi connectivity index (χ1v) is 32.2. The number of hydrogen-bond acceptors (Lipinski definition) is 5. The van der Waals surface area contributed by atoms with E-state index in [0.717, 1.165) is 124 Å². The molecule has 0 saturated carbocycles. The van der Waals surface area contributed by atoms with Crippen molar-refractivity contribution in [2.24, 2.45) is 0 Å². The van der Waals surface area contributed by atoms with Crippen molar-refractivity contribution in [3.05, 3.63) is 199 Å². The quantitative estimate of drug-likeness (QED) is 0.0311. The van der Waals surface area contributed by atoms with E-state index in [0.29, 0.717) is 13.2 Å². The summed E-state index contributed by atoms with van der Waals surface area (Å²) in [4.78, 5) is 2.38. The first-order valence-electron chi connectivity index (χ1n) is 32.2. The van der Waals surface area contributed by atoms with Gasteiger partial charge in [-0.3, -0.25) is 0 Å². The van der Waals surface area contributed by atoms with E-state index in [2.05, 4.69) is 186 Å². The molecule has 7 aromatic carbocycles. The standard InChI is InChI=1S/C79H91NO4/c1-8-13-18-22-24-28-45-79(46-29-25-23-19-14-9-2)69-51-60(61-38-44-72-78(53-61)84-77-49-57(6)33-43-71(77)80(72)63-39-34-59(35-40-63)32-17-12-5)36-41-64(69)65-42-37-62(52-70(65)79)66-54-76-68(56-74(66)82-48-31-27-21-16-11-4)67-55-73(58(7)50-75(67)83-76)81-47-30-26-20-15-10-3/h10-11,15-16,20-21,33-44,49-56H,3-4,8-9,12-14,17-19,22-32,45-48H2,1-2,5-7H3/b20-15-,21-16-. The molecule has 0 bridgehead atoms. The van der Waals surface area contributed by atoms with E-state index in [-0.39, 0.29) is 5.41 Å². The van der Waals surface area contributed by atoms with Gasteiger partial charge >= 0.3 is 0 Å². The van der Waals surface area contributed by atoms with Crippen molar-refractivity contribution in [1.29, 1.82) is 0 Å². The molecule has 8 aromatic rings. The molecule has 0 unspecified atom stereocenters. The van der Waals surface area contributed by atoms with Crippen molar-refractivity contribution in [3.63, 3.8) is 0 Å². The Morgan fingerprint density at radius 2 is 1.02 bits per heavy atom. The average Bonchev–Trinajstić information content (AvgIpc) is 3.84. The van der Waals surface area contributed by atoms with Crippen LogP contribution in [0, 0.1) is 13.8 Å². The first-order chi connectivity index (χ1) is 41.3. The molecule has 0 saturated heterocycles. The van der Waals surface area contributed by atoms with E-state index in [9.17, 15) is 0 Å². The summed E-state index contributed by atoms with van der Waals surface area (Å²) in [5.74, 6) is 3.52. The van der Waals surface area contributed by atoms with Crippen LogP contribution in [0.15, 0.2) is 175 Å². The minimum Gasteiger partial charge on any atom is -0.493 e. The molecule has 1 aliphatic carbocycles. The first kappa shape index (κ1) is 59.7. The van der Waals surface area contributed by atoms with Crippen LogP contribution >= 0.6 is 0 Å². The largest absolute Gasteiger partial charge is 0.493 e. The van der Waals surface area contributed by atoms with E-state index < -0.39 is 0 Å². The Bertz CT molecular complexity index is 3570. The topological polar surface area (TPSA) is 44.1 Å². The number of aryl methyl sites for hydroxylation is 3. The number of allylic oxidation sites excluding steroid dienone is 6. The van der Waals surface area contributed by atoms with Crippen LogP contribution in [0.25, 0.3) is 55.3 Å². The Labute approximate surface area is 503 Å². The third-order valence-electron chi connectivity index (χ3n) is 17.7. The van der Waals surface area contributed by atoms with E-state index in [4.69, 9.17) is 18.6 Å².